The zero-order valence-corrected chi connectivity index (χ0v) is 16.0. The number of carbonyl (C=O) groups excluding carboxylic acids is 1. The molecule has 0 saturated carbocycles. The maximum Gasteiger partial charge on any atom is 0.259 e. The molecule has 1 atom stereocenters. The van der Waals surface area contributed by atoms with Crippen molar-refractivity contribution in [3.63, 3.8) is 0 Å². The van der Waals surface area contributed by atoms with E-state index in [1.54, 1.807) is 7.05 Å². The lowest BCUT2D eigenvalue weighted by Gasteiger charge is -2.15. The summed E-state index contributed by atoms with van der Waals surface area (Å²) >= 11 is 0. The highest BCUT2D eigenvalue weighted by atomic mass is 16.6. The predicted molar refractivity (Wildman–Crippen MR) is 105 cm³/mol. The van der Waals surface area contributed by atoms with E-state index in [2.05, 4.69) is 16.3 Å². The van der Waals surface area contributed by atoms with Crippen LogP contribution in [0.15, 0.2) is 58.8 Å². The van der Waals surface area contributed by atoms with Crippen LogP contribution in [0.4, 0.5) is 0 Å². The van der Waals surface area contributed by atoms with Crippen molar-refractivity contribution in [2.75, 3.05) is 14.2 Å². The van der Waals surface area contributed by atoms with Crippen LogP contribution in [-0.4, -0.2) is 36.7 Å². The van der Waals surface area contributed by atoms with Gasteiger partial charge in [0.2, 0.25) is 5.90 Å². The molecule has 0 aromatic heterocycles. The molecule has 6 heteroatoms. The third-order valence-corrected chi connectivity index (χ3v) is 4.49. The number of hydrogen-bond acceptors (Lipinski definition) is 5. The number of carbonyl (C=O) groups is 1. The minimum absolute atomic E-state index is 0.126. The van der Waals surface area contributed by atoms with E-state index in [1.807, 2.05) is 56.3 Å². The Hall–Kier alpha value is -3.15. The van der Waals surface area contributed by atoms with Gasteiger partial charge in [0.25, 0.3) is 5.91 Å². The van der Waals surface area contributed by atoms with E-state index in [9.17, 15) is 4.79 Å². The number of benzene rings is 2. The number of ether oxygens (including phenoxy) is 1. The Labute approximate surface area is 159 Å². The molecule has 2 aromatic carbocycles. The maximum atomic E-state index is 12.5. The fourth-order valence-corrected chi connectivity index (χ4v) is 3.04. The number of hydrazone groups is 1. The molecule has 0 bridgehead atoms. The summed E-state index contributed by atoms with van der Waals surface area (Å²) in [4.78, 5) is 18.1. The second-order valence-corrected chi connectivity index (χ2v) is 6.46. The van der Waals surface area contributed by atoms with Crippen molar-refractivity contribution in [3.05, 3.63) is 70.8 Å². The smallest absolute Gasteiger partial charge is 0.259 e. The van der Waals surface area contributed by atoms with Gasteiger partial charge in [-0.3, -0.25) is 4.79 Å². The molecule has 2 aromatic rings. The lowest BCUT2D eigenvalue weighted by atomic mass is 9.94. The van der Waals surface area contributed by atoms with E-state index in [-0.39, 0.29) is 12.5 Å². The van der Waals surface area contributed by atoms with E-state index >= 15 is 0 Å². The zero-order chi connectivity index (χ0) is 19.4. The van der Waals surface area contributed by atoms with E-state index in [1.165, 1.54) is 17.7 Å². The fraction of sp³-hybridized carbons (Fsp3) is 0.286. The Balaban J connectivity index is 1.78. The van der Waals surface area contributed by atoms with Crippen molar-refractivity contribution < 1.29 is 14.4 Å². The van der Waals surface area contributed by atoms with Crippen LogP contribution in [0.25, 0.3) is 0 Å². The molecule has 0 spiro atoms. The van der Waals surface area contributed by atoms with Gasteiger partial charge < -0.3 is 9.57 Å². The molecule has 6 nitrogen and oxygen atoms in total. The van der Waals surface area contributed by atoms with Crippen molar-refractivity contribution >= 4 is 17.5 Å². The summed E-state index contributed by atoms with van der Waals surface area (Å²) in [5.41, 5.74) is 4.67. The van der Waals surface area contributed by atoms with Gasteiger partial charge in [-0.15, -0.1) is 5.10 Å². The van der Waals surface area contributed by atoms with Crippen molar-refractivity contribution in [2.45, 2.75) is 26.4 Å². The van der Waals surface area contributed by atoms with E-state index in [0.29, 0.717) is 5.90 Å². The Morgan fingerprint density at radius 3 is 2.74 bits per heavy atom. The third-order valence-electron chi connectivity index (χ3n) is 4.49. The molecule has 1 heterocycles. The van der Waals surface area contributed by atoms with Gasteiger partial charge >= 0.3 is 0 Å². The van der Waals surface area contributed by atoms with E-state index < -0.39 is 5.92 Å². The summed E-state index contributed by atoms with van der Waals surface area (Å²) in [5, 5.41) is 9.69. The molecule has 1 aliphatic rings. The Morgan fingerprint density at radius 2 is 2.00 bits per heavy atom. The van der Waals surface area contributed by atoms with Crippen LogP contribution in [0, 0.1) is 6.92 Å². The van der Waals surface area contributed by atoms with Gasteiger partial charge in [-0.25, -0.2) is 5.01 Å². The standard InChI is InChI=1S/C21H23N3O3/c1-14-8-7-10-16(12-14)15(2)23-27-13-17-9-5-6-11-18(17)19-20(26-4)22-24(3)21(19)25/h5-12,19H,13H2,1-4H3/b23-15+. The van der Waals surface area contributed by atoms with Gasteiger partial charge in [0.15, 0.2) is 0 Å². The molecule has 27 heavy (non-hydrogen) atoms. The van der Waals surface area contributed by atoms with Crippen molar-refractivity contribution in [3.8, 4) is 0 Å². The first-order chi connectivity index (χ1) is 13.0. The van der Waals surface area contributed by atoms with Crippen LogP contribution >= 0.6 is 0 Å². The lowest BCUT2D eigenvalue weighted by molar-refractivity contribution is -0.128. The minimum atomic E-state index is -0.554. The molecular formula is C21H23N3O3. The first kappa shape index (κ1) is 18.6. The summed E-state index contributed by atoms with van der Waals surface area (Å²) in [7, 11) is 3.14. The van der Waals surface area contributed by atoms with Crippen LogP contribution in [0.1, 0.15) is 35.1 Å². The molecule has 0 radical (unpaired) electrons. The Kier molecular flexibility index (Phi) is 5.54. The largest absolute Gasteiger partial charge is 0.482 e. The SMILES string of the molecule is COC1=NN(C)C(=O)C1c1ccccc1CO/N=C(\C)c1cccc(C)c1. The summed E-state index contributed by atoms with van der Waals surface area (Å²) in [5.74, 6) is -0.296. The topological polar surface area (TPSA) is 63.5 Å². The molecule has 3 rings (SSSR count). The quantitative estimate of drug-likeness (QED) is 0.602. The third kappa shape index (κ3) is 4.00. The number of methoxy groups -OCH3 is 1. The predicted octanol–water partition coefficient (Wildman–Crippen LogP) is 3.45. The second kappa shape index (κ2) is 8.03. The van der Waals surface area contributed by atoms with Gasteiger partial charge in [0, 0.05) is 7.05 Å². The van der Waals surface area contributed by atoms with Crippen LogP contribution in [0.5, 0.6) is 0 Å². The van der Waals surface area contributed by atoms with Gasteiger partial charge in [0.05, 0.1) is 12.8 Å². The highest BCUT2D eigenvalue weighted by Crippen LogP contribution is 2.29. The summed E-state index contributed by atoms with van der Waals surface area (Å²) in [6.45, 7) is 4.20. The van der Waals surface area contributed by atoms with Crippen LogP contribution < -0.4 is 0 Å². The normalized spacial score (nSPS) is 17.1. The zero-order valence-electron chi connectivity index (χ0n) is 16.0. The van der Waals surface area contributed by atoms with Gasteiger partial charge in [-0.05, 0) is 30.5 Å². The Bertz CT molecular complexity index is 905. The average Bonchev–Trinajstić information content (AvgIpc) is 2.96. The average molecular weight is 365 g/mol. The summed E-state index contributed by atoms with van der Waals surface area (Å²) < 4.78 is 5.30. The molecule has 0 N–H and O–H groups in total. The van der Waals surface area contributed by atoms with Crippen LogP contribution in [0.3, 0.4) is 0 Å². The molecule has 1 unspecified atom stereocenters. The number of amides is 1. The molecule has 0 fully saturated rings. The van der Waals surface area contributed by atoms with Crippen molar-refractivity contribution in [2.24, 2.45) is 10.3 Å². The number of hydrogen-bond donors (Lipinski definition) is 0. The van der Waals surface area contributed by atoms with Crippen LogP contribution in [-0.2, 0) is 21.0 Å². The van der Waals surface area contributed by atoms with E-state index in [0.717, 1.165) is 22.4 Å². The fourth-order valence-electron chi connectivity index (χ4n) is 3.04. The molecule has 0 aliphatic carbocycles. The van der Waals surface area contributed by atoms with Crippen molar-refractivity contribution in [1.82, 2.24) is 5.01 Å². The highest BCUT2D eigenvalue weighted by molar-refractivity contribution is 6.09. The highest BCUT2D eigenvalue weighted by Gasteiger charge is 2.37. The first-order valence-electron chi connectivity index (χ1n) is 8.72. The van der Waals surface area contributed by atoms with Gasteiger partial charge in [0.1, 0.15) is 12.5 Å². The van der Waals surface area contributed by atoms with E-state index in [4.69, 9.17) is 9.57 Å². The molecule has 1 aliphatic heterocycles. The number of likely N-dealkylation sites (N-methyl/N-ethyl adjacent to an activating group) is 1. The number of oxime groups is 1. The second-order valence-electron chi connectivity index (χ2n) is 6.46. The summed E-state index contributed by atoms with van der Waals surface area (Å²) in [6.07, 6.45) is 0. The monoisotopic (exact) mass is 365 g/mol. The molecular weight excluding hydrogens is 342 g/mol. The number of aryl methyl sites for hydroxylation is 1. The maximum absolute atomic E-state index is 12.5. The Morgan fingerprint density at radius 1 is 1.22 bits per heavy atom. The number of rotatable bonds is 5. The number of nitrogens with zero attached hydrogens (tertiary/aromatic N) is 3. The molecule has 1 amide bonds. The molecule has 0 saturated heterocycles. The minimum Gasteiger partial charge on any atom is -0.482 e. The van der Waals surface area contributed by atoms with Gasteiger partial charge in [-0.2, -0.15) is 0 Å². The van der Waals surface area contributed by atoms with Crippen LogP contribution in [0.2, 0.25) is 0 Å². The summed E-state index contributed by atoms with van der Waals surface area (Å²) in [6, 6.07) is 15.7. The lowest BCUT2D eigenvalue weighted by Crippen LogP contribution is -2.24. The van der Waals surface area contributed by atoms with Gasteiger partial charge in [-0.1, -0.05) is 59.3 Å². The first-order valence-corrected chi connectivity index (χ1v) is 8.72. The van der Waals surface area contributed by atoms with Crippen molar-refractivity contribution in [1.29, 1.82) is 0 Å². The molecule has 140 valence electrons.